The Bertz CT molecular complexity index is 1260. The lowest BCUT2D eigenvalue weighted by atomic mass is 9.84. The lowest BCUT2D eigenvalue weighted by Crippen LogP contribution is -2.13. The molecule has 0 aliphatic heterocycles. The van der Waals surface area contributed by atoms with Gasteiger partial charge in [-0.2, -0.15) is 0 Å². The molecule has 0 spiro atoms. The number of carbonyl (C=O) groups excluding carboxylic acids is 1. The quantitative estimate of drug-likeness (QED) is 0.462. The minimum atomic E-state index is -0.0123. The summed E-state index contributed by atoms with van der Waals surface area (Å²) in [6, 6.07) is 20.9. The molecule has 5 nitrogen and oxygen atoms in total. The maximum Gasteiger partial charge on any atom is 0.214 e. The van der Waals surface area contributed by atoms with Crippen molar-refractivity contribution in [3.05, 3.63) is 77.9 Å². The van der Waals surface area contributed by atoms with E-state index in [2.05, 4.69) is 10.3 Å². The molecule has 0 bridgehead atoms. The van der Waals surface area contributed by atoms with E-state index >= 15 is 0 Å². The van der Waals surface area contributed by atoms with Crippen LogP contribution in [0.15, 0.2) is 66.7 Å². The van der Waals surface area contributed by atoms with Gasteiger partial charge in [0.1, 0.15) is 5.75 Å². The molecule has 0 unspecified atom stereocenters. The molecule has 1 aliphatic rings. The molecular formula is C24H18N2O3. The second-order valence-corrected chi connectivity index (χ2v) is 6.83. The van der Waals surface area contributed by atoms with Crippen LogP contribution >= 0.6 is 0 Å². The van der Waals surface area contributed by atoms with Gasteiger partial charge < -0.3 is 14.8 Å². The Morgan fingerprint density at radius 2 is 1.62 bits per heavy atom. The van der Waals surface area contributed by atoms with Gasteiger partial charge in [0.25, 0.3) is 0 Å². The van der Waals surface area contributed by atoms with Crippen LogP contribution in [0, 0.1) is 0 Å². The third kappa shape index (κ3) is 2.70. The van der Waals surface area contributed by atoms with E-state index in [1.807, 2.05) is 66.7 Å². The molecule has 1 N–H and O–H groups in total. The molecule has 142 valence electrons. The van der Waals surface area contributed by atoms with Crippen molar-refractivity contribution in [1.29, 1.82) is 0 Å². The van der Waals surface area contributed by atoms with Crippen LogP contribution in [0.3, 0.4) is 0 Å². The summed E-state index contributed by atoms with van der Waals surface area (Å²) in [6.45, 7) is 0. The van der Waals surface area contributed by atoms with Gasteiger partial charge in [-0.3, -0.25) is 4.79 Å². The summed E-state index contributed by atoms with van der Waals surface area (Å²) in [4.78, 5) is 18.1. The number of ketones is 1. The molecule has 3 aromatic carbocycles. The number of fused-ring (bicyclic) bond motifs is 2. The van der Waals surface area contributed by atoms with E-state index in [0.717, 1.165) is 39.2 Å². The molecule has 0 fully saturated rings. The largest absolute Gasteiger partial charge is 0.497 e. The maximum absolute atomic E-state index is 13.4. The molecule has 1 heterocycles. The zero-order valence-corrected chi connectivity index (χ0v) is 16.0. The van der Waals surface area contributed by atoms with Gasteiger partial charge in [0, 0.05) is 28.3 Å². The van der Waals surface area contributed by atoms with Gasteiger partial charge >= 0.3 is 0 Å². The number of methoxy groups -OCH3 is 2. The molecule has 0 amide bonds. The van der Waals surface area contributed by atoms with Crippen molar-refractivity contribution < 1.29 is 14.3 Å². The molecule has 0 saturated carbocycles. The molecule has 0 atom stereocenters. The zero-order chi connectivity index (χ0) is 20.0. The average molecular weight is 382 g/mol. The summed E-state index contributed by atoms with van der Waals surface area (Å²) in [6.07, 6.45) is 0. The second-order valence-electron chi connectivity index (χ2n) is 6.83. The van der Waals surface area contributed by atoms with Gasteiger partial charge in [0.2, 0.25) is 5.88 Å². The number of hydrogen-bond acceptors (Lipinski definition) is 5. The van der Waals surface area contributed by atoms with Crippen LogP contribution in [0.25, 0.3) is 22.0 Å². The van der Waals surface area contributed by atoms with Crippen LogP contribution in [0.1, 0.15) is 15.9 Å². The van der Waals surface area contributed by atoms with Gasteiger partial charge in [0.15, 0.2) is 5.78 Å². The molecule has 5 rings (SSSR count). The molecule has 5 heteroatoms. The Morgan fingerprint density at radius 1 is 0.862 bits per heavy atom. The molecule has 1 aliphatic carbocycles. The number of pyridine rings is 1. The summed E-state index contributed by atoms with van der Waals surface area (Å²) >= 11 is 0. The standard InChI is InChI=1S/C24H18N2O3/c1-28-16-10-8-15(9-11-16)25-19-12-7-14-13-20(29-2)26-23-17-5-3-4-6-18(17)24(27)22(19)21(14)23/h3-13,25H,1-2H3. The first-order valence-electron chi connectivity index (χ1n) is 9.26. The number of rotatable bonds is 4. The SMILES string of the molecule is COc1ccc(Nc2ccc3cc(OC)nc4c3c2C(=O)c2ccccc2-4)cc1. The van der Waals surface area contributed by atoms with E-state index in [9.17, 15) is 4.79 Å². The fourth-order valence-corrected chi connectivity index (χ4v) is 3.82. The van der Waals surface area contributed by atoms with Gasteiger partial charge in [0.05, 0.1) is 31.2 Å². The predicted octanol–water partition coefficient (Wildman–Crippen LogP) is 5.21. The number of nitrogens with one attached hydrogen (secondary N) is 1. The van der Waals surface area contributed by atoms with Crippen LogP contribution in [-0.4, -0.2) is 25.0 Å². The van der Waals surface area contributed by atoms with E-state index in [1.54, 1.807) is 14.2 Å². The topological polar surface area (TPSA) is 60.4 Å². The van der Waals surface area contributed by atoms with Crippen molar-refractivity contribution in [2.24, 2.45) is 0 Å². The summed E-state index contributed by atoms with van der Waals surface area (Å²) in [7, 11) is 3.23. The lowest BCUT2D eigenvalue weighted by Gasteiger charge is -2.22. The van der Waals surface area contributed by atoms with E-state index in [0.29, 0.717) is 17.0 Å². The Morgan fingerprint density at radius 3 is 2.34 bits per heavy atom. The van der Waals surface area contributed by atoms with Gasteiger partial charge in [-0.25, -0.2) is 4.98 Å². The number of aromatic nitrogens is 1. The minimum Gasteiger partial charge on any atom is -0.497 e. The zero-order valence-electron chi connectivity index (χ0n) is 16.0. The minimum absolute atomic E-state index is 0.0123. The first kappa shape index (κ1) is 17.3. The summed E-state index contributed by atoms with van der Waals surface area (Å²) < 4.78 is 10.6. The Hall–Kier alpha value is -3.86. The molecule has 4 aromatic rings. The Labute approximate surface area is 167 Å². The van der Waals surface area contributed by atoms with Gasteiger partial charge in [-0.05, 0) is 35.7 Å². The van der Waals surface area contributed by atoms with Crippen molar-refractivity contribution >= 4 is 27.9 Å². The monoisotopic (exact) mass is 382 g/mol. The van der Waals surface area contributed by atoms with Crippen LogP contribution in [0.2, 0.25) is 0 Å². The fourth-order valence-electron chi connectivity index (χ4n) is 3.82. The van der Waals surface area contributed by atoms with Crippen molar-refractivity contribution in [3.63, 3.8) is 0 Å². The average Bonchev–Trinajstić information content (AvgIpc) is 2.78. The molecular weight excluding hydrogens is 364 g/mol. The van der Waals surface area contributed by atoms with Crippen LogP contribution in [0.4, 0.5) is 11.4 Å². The number of benzene rings is 3. The van der Waals surface area contributed by atoms with Crippen molar-refractivity contribution in [2.75, 3.05) is 19.5 Å². The van der Waals surface area contributed by atoms with Crippen molar-refractivity contribution in [2.45, 2.75) is 0 Å². The summed E-state index contributed by atoms with van der Waals surface area (Å²) in [5.74, 6) is 1.29. The van der Waals surface area contributed by atoms with E-state index in [-0.39, 0.29) is 5.78 Å². The summed E-state index contributed by atoms with van der Waals surface area (Å²) in [5.41, 5.74) is 4.48. The Balaban J connectivity index is 1.75. The number of carbonyl (C=O) groups is 1. The van der Waals surface area contributed by atoms with Gasteiger partial charge in [-0.1, -0.05) is 30.3 Å². The first-order valence-corrected chi connectivity index (χ1v) is 9.26. The first-order chi connectivity index (χ1) is 14.2. The molecule has 0 saturated heterocycles. The number of anilines is 2. The van der Waals surface area contributed by atoms with E-state index in [4.69, 9.17) is 9.47 Å². The molecule has 0 radical (unpaired) electrons. The number of hydrogen-bond donors (Lipinski definition) is 1. The maximum atomic E-state index is 13.4. The highest BCUT2D eigenvalue weighted by Gasteiger charge is 2.29. The van der Waals surface area contributed by atoms with Crippen molar-refractivity contribution in [1.82, 2.24) is 4.98 Å². The summed E-state index contributed by atoms with van der Waals surface area (Å²) in [5, 5.41) is 5.14. The molecule has 1 aromatic heterocycles. The number of nitrogens with zero attached hydrogens (tertiary/aromatic N) is 1. The third-order valence-corrected chi connectivity index (χ3v) is 5.21. The van der Waals surface area contributed by atoms with Crippen LogP contribution < -0.4 is 14.8 Å². The normalized spacial score (nSPS) is 11.9. The smallest absolute Gasteiger partial charge is 0.214 e. The predicted molar refractivity (Wildman–Crippen MR) is 113 cm³/mol. The highest BCUT2D eigenvalue weighted by molar-refractivity contribution is 6.28. The molecule has 29 heavy (non-hydrogen) atoms. The van der Waals surface area contributed by atoms with E-state index < -0.39 is 0 Å². The third-order valence-electron chi connectivity index (χ3n) is 5.21. The van der Waals surface area contributed by atoms with Crippen LogP contribution in [0.5, 0.6) is 11.6 Å². The van der Waals surface area contributed by atoms with Gasteiger partial charge in [-0.15, -0.1) is 0 Å². The Kier molecular flexibility index (Phi) is 3.95. The van der Waals surface area contributed by atoms with E-state index in [1.165, 1.54) is 0 Å². The van der Waals surface area contributed by atoms with Crippen LogP contribution in [-0.2, 0) is 0 Å². The highest BCUT2D eigenvalue weighted by Crippen LogP contribution is 2.43. The number of ether oxygens (including phenoxy) is 2. The lowest BCUT2D eigenvalue weighted by molar-refractivity contribution is 0.104. The van der Waals surface area contributed by atoms with Crippen molar-refractivity contribution in [3.8, 4) is 22.9 Å². The second kappa shape index (κ2) is 6.63. The fraction of sp³-hybridized carbons (Fsp3) is 0.0833. The highest BCUT2D eigenvalue weighted by atomic mass is 16.5.